The van der Waals surface area contributed by atoms with Gasteiger partial charge in [-0.1, -0.05) is 55.3 Å². The van der Waals surface area contributed by atoms with Gasteiger partial charge in [-0.2, -0.15) is 0 Å². The van der Waals surface area contributed by atoms with Crippen LogP contribution in [0.1, 0.15) is 72.6 Å². The van der Waals surface area contributed by atoms with Gasteiger partial charge in [0.15, 0.2) is 0 Å². The molecule has 12 heteroatoms. The number of nitrogens with zero attached hydrogens (tertiary/aromatic N) is 2. The lowest BCUT2D eigenvalue weighted by molar-refractivity contribution is -0.150. The third-order valence-electron chi connectivity index (χ3n) is 9.91. The molecule has 1 saturated carbocycles. The SMILES string of the molecule is CCOC(=O)[C@@]12CC1/C=C\CCCCC[C@H](NC(=O)OC(C)(C)C)C(=O)N1CC(Oc3cc(-c4ccccc4)nc4cc(OC)ccc34)C[C@H]1C(=O)N2. The summed E-state index contributed by atoms with van der Waals surface area (Å²) >= 11 is 0. The average molecular weight is 727 g/mol. The van der Waals surface area contributed by atoms with Crippen molar-refractivity contribution in [3.63, 3.8) is 0 Å². The Bertz CT molecular complexity index is 1860. The molecule has 3 aromatic rings. The van der Waals surface area contributed by atoms with Gasteiger partial charge < -0.3 is 34.5 Å². The van der Waals surface area contributed by atoms with Crippen LogP contribution in [-0.2, 0) is 23.9 Å². The zero-order valence-corrected chi connectivity index (χ0v) is 31.2. The van der Waals surface area contributed by atoms with Crippen LogP contribution >= 0.6 is 0 Å². The second-order valence-corrected chi connectivity index (χ2v) is 15.0. The molecule has 6 rings (SSSR count). The van der Waals surface area contributed by atoms with Crippen molar-refractivity contribution in [2.75, 3.05) is 20.3 Å². The van der Waals surface area contributed by atoms with Crippen LogP contribution in [0.15, 0.2) is 66.7 Å². The van der Waals surface area contributed by atoms with Crippen LogP contribution in [0.2, 0.25) is 0 Å². The van der Waals surface area contributed by atoms with E-state index in [9.17, 15) is 19.2 Å². The standard InChI is InChI=1S/C41H50N4O8/c1-6-51-38(48)41-24-27(41)17-13-8-7-9-14-18-31(43-39(49)53-40(2,3)4)37(47)45-25-29(22-34(45)36(46)44-41)52-35-23-32(26-15-11-10-12-16-26)42-33-21-28(50-5)19-20-30(33)35/h10-13,15-17,19-21,23,27,29,31,34H,6-9,14,18,22,24-25H2,1-5H3,(H,43,49)(H,44,46)/b17-13-/t27?,29?,31-,34-,41+/m0/s1. The van der Waals surface area contributed by atoms with E-state index in [0.29, 0.717) is 42.0 Å². The highest BCUT2D eigenvalue weighted by atomic mass is 16.6. The smallest absolute Gasteiger partial charge is 0.408 e. The summed E-state index contributed by atoms with van der Waals surface area (Å²) in [5.41, 5.74) is 0.259. The van der Waals surface area contributed by atoms with Crippen LogP contribution < -0.4 is 20.1 Å². The van der Waals surface area contributed by atoms with Crippen LogP contribution in [0, 0.1) is 5.92 Å². The van der Waals surface area contributed by atoms with Gasteiger partial charge in [-0.3, -0.25) is 9.59 Å². The number of amides is 3. The van der Waals surface area contributed by atoms with Crippen LogP contribution in [-0.4, -0.2) is 83.3 Å². The number of benzene rings is 2. The van der Waals surface area contributed by atoms with Crippen molar-refractivity contribution >= 4 is 34.8 Å². The second-order valence-electron chi connectivity index (χ2n) is 15.0. The molecule has 0 radical (unpaired) electrons. The number of esters is 1. The average Bonchev–Trinajstić information content (AvgIpc) is 3.66. The van der Waals surface area contributed by atoms with Gasteiger partial charge in [-0.15, -0.1) is 0 Å². The first-order valence-electron chi connectivity index (χ1n) is 18.6. The maximum atomic E-state index is 14.5. The summed E-state index contributed by atoms with van der Waals surface area (Å²) in [6, 6.07) is 15.2. The second kappa shape index (κ2) is 15.9. The fraction of sp³-hybridized carbons (Fsp3) is 0.488. The monoisotopic (exact) mass is 726 g/mol. The molecule has 2 unspecified atom stereocenters. The number of hydrogen-bond donors (Lipinski definition) is 2. The minimum atomic E-state index is -1.21. The first kappa shape index (κ1) is 37.6. The quantitative estimate of drug-likeness (QED) is 0.218. The molecule has 2 N–H and O–H groups in total. The highest BCUT2D eigenvalue weighted by Gasteiger charge is 2.62. The molecule has 1 aromatic heterocycles. The molecule has 2 aliphatic heterocycles. The van der Waals surface area contributed by atoms with E-state index < -0.39 is 53.2 Å². The Balaban J connectivity index is 1.35. The van der Waals surface area contributed by atoms with E-state index in [1.807, 2.05) is 66.7 Å². The fourth-order valence-corrected chi connectivity index (χ4v) is 7.18. The molecule has 3 heterocycles. The molecular weight excluding hydrogens is 676 g/mol. The topological polar surface area (TPSA) is 145 Å². The van der Waals surface area contributed by atoms with E-state index >= 15 is 0 Å². The molecule has 53 heavy (non-hydrogen) atoms. The number of carbonyl (C=O) groups excluding carboxylic acids is 4. The van der Waals surface area contributed by atoms with Gasteiger partial charge in [0.1, 0.15) is 40.8 Å². The highest BCUT2D eigenvalue weighted by molar-refractivity contribution is 5.97. The lowest BCUT2D eigenvalue weighted by Crippen LogP contribution is -2.56. The molecular formula is C41H50N4O8. The zero-order valence-electron chi connectivity index (χ0n) is 31.2. The number of aromatic nitrogens is 1. The summed E-state index contributed by atoms with van der Waals surface area (Å²) in [4.78, 5) is 61.6. The van der Waals surface area contributed by atoms with Crippen LogP contribution in [0.5, 0.6) is 11.5 Å². The number of pyridine rings is 1. The van der Waals surface area contributed by atoms with E-state index in [0.717, 1.165) is 30.2 Å². The molecule has 5 atom stereocenters. The van der Waals surface area contributed by atoms with Crippen molar-refractivity contribution in [2.24, 2.45) is 5.92 Å². The number of rotatable bonds is 7. The van der Waals surface area contributed by atoms with Gasteiger partial charge in [0.25, 0.3) is 0 Å². The lowest BCUT2D eigenvalue weighted by atomic mass is 10.0. The van der Waals surface area contributed by atoms with E-state index in [1.54, 1.807) is 34.8 Å². The fourth-order valence-electron chi connectivity index (χ4n) is 7.18. The minimum Gasteiger partial charge on any atom is -0.497 e. The Kier molecular flexibility index (Phi) is 11.3. The summed E-state index contributed by atoms with van der Waals surface area (Å²) in [6.45, 7) is 7.25. The largest absolute Gasteiger partial charge is 0.497 e. The van der Waals surface area contributed by atoms with Crippen molar-refractivity contribution < 1.29 is 38.1 Å². The van der Waals surface area contributed by atoms with Crippen molar-refractivity contribution in [1.29, 1.82) is 0 Å². The molecule has 3 aliphatic rings. The van der Waals surface area contributed by atoms with Gasteiger partial charge in [0.2, 0.25) is 11.8 Å². The van der Waals surface area contributed by atoms with E-state index in [1.165, 1.54) is 4.90 Å². The summed E-state index contributed by atoms with van der Waals surface area (Å²) in [7, 11) is 1.60. The molecule has 2 fully saturated rings. The molecule has 3 amide bonds. The van der Waals surface area contributed by atoms with E-state index in [-0.39, 0.29) is 25.5 Å². The maximum Gasteiger partial charge on any atom is 0.408 e. The van der Waals surface area contributed by atoms with Gasteiger partial charge in [-0.05, 0) is 65.5 Å². The number of alkyl carbamates (subject to hydrolysis) is 1. The van der Waals surface area contributed by atoms with Crippen LogP contribution in [0.3, 0.4) is 0 Å². The van der Waals surface area contributed by atoms with Crippen LogP contribution in [0.25, 0.3) is 22.2 Å². The van der Waals surface area contributed by atoms with Crippen molar-refractivity contribution in [2.45, 2.75) is 102 Å². The van der Waals surface area contributed by atoms with Crippen LogP contribution in [0.4, 0.5) is 4.79 Å². The number of methoxy groups -OCH3 is 1. The molecule has 0 bridgehead atoms. The molecule has 12 nitrogen and oxygen atoms in total. The third kappa shape index (κ3) is 8.75. The molecule has 282 valence electrons. The summed E-state index contributed by atoms with van der Waals surface area (Å²) in [6.07, 6.45) is 6.80. The van der Waals surface area contributed by atoms with E-state index in [2.05, 4.69) is 10.6 Å². The summed E-state index contributed by atoms with van der Waals surface area (Å²) in [5.74, 6) is -0.423. The summed E-state index contributed by atoms with van der Waals surface area (Å²) in [5, 5.41) is 6.54. The number of allylic oxidation sites excluding steroid dienone is 1. The minimum absolute atomic E-state index is 0.0692. The molecule has 2 aromatic carbocycles. The predicted octanol–water partition coefficient (Wildman–Crippen LogP) is 6.11. The predicted molar refractivity (Wildman–Crippen MR) is 199 cm³/mol. The lowest BCUT2D eigenvalue weighted by Gasteiger charge is -2.30. The van der Waals surface area contributed by atoms with Gasteiger partial charge in [0, 0.05) is 35.4 Å². The molecule has 0 spiro atoms. The van der Waals surface area contributed by atoms with E-state index in [4.69, 9.17) is 23.9 Å². The van der Waals surface area contributed by atoms with Gasteiger partial charge >= 0.3 is 12.1 Å². The Hall–Kier alpha value is -5.13. The van der Waals surface area contributed by atoms with Crippen molar-refractivity contribution in [3.8, 4) is 22.8 Å². The molecule has 1 aliphatic carbocycles. The Morgan fingerprint density at radius 3 is 2.58 bits per heavy atom. The maximum absolute atomic E-state index is 14.5. The van der Waals surface area contributed by atoms with Crippen molar-refractivity contribution in [1.82, 2.24) is 20.5 Å². The third-order valence-corrected chi connectivity index (χ3v) is 9.91. The number of carbonyl (C=O) groups is 4. The first-order chi connectivity index (χ1) is 25.4. The van der Waals surface area contributed by atoms with Crippen molar-refractivity contribution in [3.05, 3.63) is 66.7 Å². The Morgan fingerprint density at radius 2 is 1.85 bits per heavy atom. The first-order valence-corrected chi connectivity index (χ1v) is 18.6. The number of fused-ring (bicyclic) bond motifs is 3. The van der Waals surface area contributed by atoms with Gasteiger partial charge in [-0.25, -0.2) is 14.6 Å². The molecule has 1 saturated heterocycles. The summed E-state index contributed by atoms with van der Waals surface area (Å²) < 4.78 is 23.2. The highest BCUT2D eigenvalue weighted by Crippen LogP contribution is 2.46. The van der Waals surface area contributed by atoms with Gasteiger partial charge in [0.05, 0.1) is 31.5 Å². The Labute approximate surface area is 310 Å². The number of nitrogens with one attached hydrogen (secondary N) is 2. The normalized spacial score (nSPS) is 25.5. The zero-order chi connectivity index (χ0) is 37.8. The number of hydrogen-bond acceptors (Lipinski definition) is 9. The Morgan fingerprint density at radius 1 is 1.06 bits per heavy atom. The number of ether oxygens (including phenoxy) is 4.